The number of hydrogen-bond donors (Lipinski definition) is 0. The zero-order chi connectivity index (χ0) is 22.9. The summed E-state index contributed by atoms with van der Waals surface area (Å²) >= 11 is 0. The molecule has 0 aliphatic carbocycles. The van der Waals surface area contributed by atoms with E-state index in [-0.39, 0.29) is 17.7 Å². The number of ether oxygens (including phenoxy) is 1. The van der Waals surface area contributed by atoms with Crippen molar-refractivity contribution >= 4 is 0 Å². The van der Waals surface area contributed by atoms with E-state index in [2.05, 4.69) is 4.74 Å². The molecule has 3 rings (SSSR count). The number of aryl methyl sites for hydroxylation is 1. The molecule has 0 N–H and O–H groups in total. The molecule has 3 aromatic carbocycles. The standard InChI is InChI=1S/C22H14F8O/c1-2-3-11-4-5-13(16(23)8-11)14-6-7-15(20(27)19(14)26)22(29,30)31-12-9-17(24)21(28)18(25)10-12/h4-10H,2-3H2,1H3. The first-order valence-corrected chi connectivity index (χ1v) is 9.03. The third kappa shape index (κ3) is 4.50. The third-order valence-electron chi connectivity index (χ3n) is 4.46. The Bertz CT molecular complexity index is 1100. The maximum absolute atomic E-state index is 14.5. The quantitative estimate of drug-likeness (QED) is 0.286. The van der Waals surface area contributed by atoms with Crippen molar-refractivity contribution in [3.8, 4) is 16.9 Å². The van der Waals surface area contributed by atoms with Crippen LogP contribution >= 0.6 is 0 Å². The second kappa shape index (κ2) is 8.56. The minimum atomic E-state index is -4.58. The van der Waals surface area contributed by atoms with Crippen LogP contribution in [-0.4, -0.2) is 0 Å². The molecule has 0 fully saturated rings. The number of rotatable bonds is 6. The molecule has 3 aromatic rings. The van der Waals surface area contributed by atoms with Gasteiger partial charge in [-0.25, -0.2) is 26.3 Å². The summed E-state index contributed by atoms with van der Waals surface area (Å²) in [5.74, 6) is -11.4. The van der Waals surface area contributed by atoms with Gasteiger partial charge in [-0.2, -0.15) is 8.78 Å². The fourth-order valence-corrected chi connectivity index (χ4v) is 3.00. The lowest BCUT2D eigenvalue weighted by molar-refractivity contribution is -0.187. The number of alkyl halides is 2. The van der Waals surface area contributed by atoms with Gasteiger partial charge >= 0.3 is 6.11 Å². The minimum Gasteiger partial charge on any atom is -0.429 e. The normalized spacial score (nSPS) is 11.6. The van der Waals surface area contributed by atoms with E-state index in [1.54, 1.807) is 0 Å². The molecule has 0 aliphatic rings. The monoisotopic (exact) mass is 446 g/mol. The van der Waals surface area contributed by atoms with Crippen LogP contribution in [0.3, 0.4) is 0 Å². The highest BCUT2D eigenvalue weighted by Crippen LogP contribution is 2.37. The molecule has 164 valence electrons. The summed E-state index contributed by atoms with van der Waals surface area (Å²) in [6.45, 7) is 1.87. The first-order valence-electron chi connectivity index (χ1n) is 9.03. The van der Waals surface area contributed by atoms with Crippen LogP contribution in [0.2, 0.25) is 0 Å². The molecule has 0 saturated heterocycles. The van der Waals surface area contributed by atoms with E-state index in [0.29, 0.717) is 18.1 Å². The molecule has 0 unspecified atom stereocenters. The van der Waals surface area contributed by atoms with E-state index >= 15 is 0 Å². The molecule has 0 aliphatic heterocycles. The number of benzene rings is 3. The van der Waals surface area contributed by atoms with E-state index in [4.69, 9.17) is 0 Å². The molecule has 0 amide bonds. The molecule has 9 heteroatoms. The summed E-state index contributed by atoms with van der Waals surface area (Å²) in [5, 5.41) is 0. The minimum absolute atomic E-state index is 0.127. The van der Waals surface area contributed by atoms with Crippen LogP contribution in [0.5, 0.6) is 5.75 Å². The Morgan fingerprint density at radius 2 is 1.32 bits per heavy atom. The van der Waals surface area contributed by atoms with Gasteiger partial charge in [0.2, 0.25) is 0 Å². The Labute approximate surface area is 171 Å². The maximum Gasteiger partial charge on any atom is 0.429 e. The van der Waals surface area contributed by atoms with Crippen molar-refractivity contribution in [1.29, 1.82) is 0 Å². The Morgan fingerprint density at radius 3 is 1.90 bits per heavy atom. The van der Waals surface area contributed by atoms with Crippen LogP contribution in [0, 0.1) is 34.9 Å². The highest BCUT2D eigenvalue weighted by atomic mass is 19.3. The van der Waals surface area contributed by atoms with Gasteiger partial charge in [0.05, 0.1) is 0 Å². The summed E-state index contributed by atoms with van der Waals surface area (Å²) in [4.78, 5) is 0. The van der Waals surface area contributed by atoms with Crippen LogP contribution in [0.4, 0.5) is 35.1 Å². The van der Waals surface area contributed by atoms with Gasteiger partial charge in [0, 0.05) is 23.3 Å². The predicted octanol–water partition coefficient (Wildman–Crippen LogP) is 7.27. The van der Waals surface area contributed by atoms with E-state index in [1.807, 2.05) is 6.92 Å². The third-order valence-corrected chi connectivity index (χ3v) is 4.46. The molecule has 0 aromatic heterocycles. The SMILES string of the molecule is CCCc1ccc(-c2ccc(C(F)(F)Oc3cc(F)c(F)c(F)c3)c(F)c2F)c(F)c1. The second-order valence-corrected chi connectivity index (χ2v) is 6.67. The molecule has 0 heterocycles. The Balaban J connectivity index is 1.98. The first kappa shape index (κ1) is 22.6. The lowest BCUT2D eigenvalue weighted by Gasteiger charge is -2.20. The number of halogens is 8. The topological polar surface area (TPSA) is 9.23 Å². The van der Waals surface area contributed by atoms with Gasteiger partial charge in [-0.1, -0.05) is 31.5 Å². The van der Waals surface area contributed by atoms with Gasteiger partial charge in [-0.05, 0) is 24.1 Å². The number of hydrogen-bond acceptors (Lipinski definition) is 1. The van der Waals surface area contributed by atoms with Crippen LogP contribution in [0.1, 0.15) is 24.5 Å². The van der Waals surface area contributed by atoms with Gasteiger partial charge in [0.1, 0.15) is 17.1 Å². The van der Waals surface area contributed by atoms with E-state index in [0.717, 1.165) is 18.6 Å². The summed E-state index contributed by atoms with van der Waals surface area (Å²) < 4.78 is 115. The zero-order valence-corrected chi connectivity index (χ0v) is 15.9. The van der Waals surface area contributed by atoms with E-state index in [1.165, 1.54) is 12.1 Å². The van der Waals surface area contributed by atoms with Crippen molar-refractivity contribution in [3.05, 3.63) is 88.5 Å². The fraction of sp³-hybridized carbons (Fsp3) is 0.182. The molecule has 0 bridgehead atoms. The van der Waals surface area contributed by atoms with Gasteiger partial charge in [0.15, 0.2) is 29.1 Å². The average molecular weight is 446 g/mol. The van der Waals surface area contributed by atoms with Crippen molar-refractivity contribution in [3.63, 3.8) is 0 Å². The van der Waals surface area contributed by atoms with Crippen LogP contribution in [-0.2, 0) is 12.5 Å². The fourth-order valence-electron chi connectivity index (χ4n) is 3.00. The van der Waals surface area contributed by atoms with Crippen molar-refractivity contribution in [2.75, 3.05) is 0 Å². The second-order valence-electron chi connectivity index (χ2n) is 6.67. The summed E-state index contributed by atoms with van der Waals surface area (Å²) in [6, 6.07) is 5.29. The van der Waals surface area contributed by atoms with Gasteiger partial charge in [-0.3, -0.25) is 0 Å². The van der Waals surface area contributed by atoms with Crippen molar-refractivity contribution < 1.29 is 39.9 Å². The smallest absolute Gasteiger partial charge is 0.429 e. The Kier molecular flexibility index (Phi) is 6.24. The van der Waals surface area contributed by atoms with Crippen molar-refractivity contribution in [2.24, 2.45) is 0 Å². The van der Waals surface area contributed by atoms with E-state index < -0.39 is 57.9 Å². The molecule has 1 nitrogen and oxygen atoms in total. The summed E-state index contributed by atoms with van der Waals surface area (Å²) in [5.41, 5.74) is -1.91. The van der Waals surface area contributed by atoms with Crippen molar-refractivity contribution in [1.82, 2.24) is 0 Å². The van der Waals surface area contributed by atoms with Crippen LogP contribution in [0.25, 0.3) is 11.1 Å². The molecule has 0 spiro atoms. The first-order chi connectivity index (χ1) is 14.5. The summed E-state index contributed by atoms with van der Waals surface area (Å²) in [7, 11) is 0. The zero-order valence-electron chi connectivity index (χ0n) is 15.9. The van der Waals surface area contributed by atoms with E-state index in [9.17, 15) is 35.1 Å². The van der Waals surface area contributed by atoms with Crippen LogP contribution in [0.15, 0.2) is 42.5 Å². The van der Waals surface area contributed by atoms with Gasteiger partial charge in [-0.15, -0.1) is 0 Å². The van der Waals surface area contributed by atoms with Crippen LogP contribution < -0.4 is 4.74 Å². The molecule has 0 saturated carbocycles. The average Bonchev–Trinajstić information content (AvgIpc) is 2.68. The largest absolute Gasteiger partial charge is 0.429 e. The lowest BCUT2D eigenvalue weighted by atomic mass is 9.99. The predicted molar refractivity (Wildman–Crippen MR) is 96.6 cm³/mol. The van der Waals surface area contributed by atoms with Gasteiger partial charge in [0.25, 0.3) is 0 Å². The highest BCUT2D eigenvalue weighted by molar-refractivity contribution is 5.66. The summed E-state index contributed by atoms with van der Waals surface area (Å²) in [6.07, 6.45) is -3.29. The lowest BCUT2D eigenvalue weighted by Crippen LogP contribution is -2.24. The van der Waals surface area contributed by atoms with Gasteiger partial charge < -0.3 is 4.74 Å². The highest BCUT2D eigenvalue weighted by Gasteiger charge is 2.40. The molecular formula is C22H14F8O. The molecule has 31 heavy (non-hydrogen) atoms. The molecule has 0 radical (unpaired) electrons. The molecule has 0 atom stereocenters. The Hall–Kier alpha value is -3.10. The Morgan fingerprint density at radius 1 is 0.710 bits per heavy atom. The van der Waals surface area contributed by atoms with Crippen molar-refractivity contribution in [2.45, 2.75) is 25.9 Å². The maximum atomic E-state index is 14.5. The molecular weight excluding hydrogens is 432 g/mol.